The van der Waals surface area contributed by atoms with Gasteiger partial charge in [0, 0.05) is 6.54 Å². The Morgan fingerprint density at radius 3 is 2.79 bits per heavy atom. The second kappa shape index (κ2) is 5.52. The summed E-state index contributed by atoms with van der Waals surface area (Å²) in [5, 5.41) is 22.2. The lowest BCUT2D eigenvalue weighted by Gasteiger charge is -2.35. The van der Waals surface area contributed by atoms with Crippen LogP contribution in [0, 0.1) is 5.92 Å². The predicted molar refractivity (Wildman–Crippen MR) is 70.1 cm³/mol. The van der Waals surface area contributed by atoms with E-state index in [9.17, 15) is 9.90 Å². The van der Waals surface area contributed by atoms with Crippen LogP contribution < -0.4 is 5.32 Å². The van der Waals surface area contributed by atoms with Crippen LogP contribution in [-0.4, -0.2) is 38.3 Å². The Kier molecular flexibility index (Phi) is 3.99. The quantitative estimate of drug-likeness (QED) is 0.764. The summed E-state index contributed by atoms with van der Waals surface area (Å²) in [7, 11) is 0. The number of nitrogens with one attached hydrogen (secondary N) is 1. The highest BCUT2D eigenvalue weighted by Gasteiger charge is 2.31. The van der Waals surface area contributed by atoms with Gasteiger partial charge in [-0.1, -0.05) is 6.92 Å². The number of carboxylic acid groups (broad SMARTS) is 1. The first-order valence-corrected chi connectivity index (χ1v) is 6.50. The van der Waals surface area contributed by atoms with E-state index in [0.29, 0.717) is 18.3 Å². The van der Waals surface area contributed by atoms with Crippen LogP contribution in [0.15, 0.2) is 12.4 Å². The first-order chi connectivity index (χ1) is 8.98. The molecule has 1 fully saturated rings. The molecular formula is C13H19N3O3. The van der Waals surface area contributed by atoms with Gasteiger partial charge in [0.15, 0.2) is 5.69 Å². The summed E-state index contributed by atoms with van der Waals surface area (Å²) < 4.78 is 0. The summed E-state index contributed by atoms with van der Waals surface area (Å²) in [6.07, 6.45) is 6.20. The van der Waals surface area contributed by atoms with E-state index in [-0.39, 0.29) is 5.69 Å². The number of aliphatic hydroxyl groups is 1. The monoisotopic (exact) mass is 265 g/mol. The Labute approximate surface area is 111 Å². The van der Waals surface area contributed by atoms with Gasteiger partial charge >= 0.3 is 5.97 Å². The molecule has 0 saturated heterocycles. The number of carboxylic acids is 1. The second-order valence-electron chi connectivity index (χ2n) is 5.36. The van der Waals surface area contributed by atoms with Crippen molar-refractivity contribution in [3.63, 3.8) is 0 Å². The fraction of sp³-hybridized carbons (Fsp3) is 0.615. The topological polar surface area (TPSA) is 95.3 Å². The van der Waals surface area contributed by atoms with Gasteiger partial charge in [-0.3, -0.25) is 4.98 Å². The van der Waals surface area contributed by atoms with E-state index in [2.05, 4.69) is 22.2 Å². The van der Waals surface area contributed by atoms with Gasteiger partial charge in [-0.05, 0) is 31.6 Å². The Morgan fingerprint density at radius 2 is 2.16 bits per heavy atom. The summed E-state index contributed by atoms with van der Waals surface area (Å²) in [6, 6.07) is 0. The van der Waals surface area contributed by atoms with Crippen LogP contribution in [0.3, 0.4) is 0 Å². The molecule has 3 N–H and O–H groups in total. The van der Waals surface area contributed by atoms with Crippen molar-refractivity contribution in [3.05, 3.63) is 18.1 Å². The molecular weight excluding hydrogens is 246 g/mol. The normalized spacial score (nSPS) is 26.9. The summed E-state index contributed by atoms with van der Waals surface area (Å²) in [5.74, 6) is -0.0660. The minimum atomic E-state index is -1.11. The molecule has 0 atom stereocenters. The van der Waals surface area contributed by atoms with Gasteiger partial charge in [0.25, 0.3) is 0 Å². The number of aromatic nitrogens is 2. The molecule has 0 bridgehead atoms. The maximum atomic E-state index is 10.8. The molecule has 0 spiro atoms. The molecule has 1 saturated carbocycles. The van der Waals surface area contributed by atoms with Gasteiger partial charge in [-0.25, -0.2) is 9.78 Å². The molecule has 0 radical (unpaired) electrons. The summed E-state index contributed by atoms with van der Waals surface area (Å²) in [4.78, 5) is 18.5. The Morgan fingerprint density at radius 1 is 1.47 bits per heavy atom. The third kappa shape index (κ3) is 3.64. The molecule has 1 heterocycles. The number of anilines is 1. The van der Waals surface area contributed by atoms with Crippen LogP contribution >= 0.6 is 0 Å². The van der Waals surface area contributed by atoms with Crippen LogP contribution in [0.4, 0.5) is 5.82 Å². The van der Waals surface area contributed by atoms with E-state index >= 15 is 0 Å². The standard InChI is InChI=1S/C13H19N3O3/c1-9-2-4-13(19,5-3-9)8-15-11-7-14-6-10(16-11)12(17)18/h6-7,9,19H,2-5,8H2,1H3,(H,15,16)(H,17,18). The fourth-order valence-electron chi connectivity index (χ4n) is 2.29. The van der Waals surface area contributed by atoms with Crippen molar-refractivity contribution in [2.75, 3.05) is 11.9 Å². The zero-order valence-corrected chi connectivity index (χ0v) is 11.0. The van der Waals surface area contributed by atoms with Gasteiger partial charge in [0.1, 0.15) is 5.82 Å². The highest BCUT2D eigenvalue weighted by molar-refractivity contribution is 5.85. The van der Waals surface area contributed by atoms with Crippen molar-refractivity contribution in [1.82, 2.24) is 9.97 Å². The van der Waals surface area contributed by atoms with Gasteiger partial charge in [-0.15, -0.1) is 0 Å². The molecule has 1 aromatic rings. The Balaban J connectivity index is 1.95. The number of hydrogen-bond acceptors (Lipinski definition) is 5. The van der Waals surface area contributed by atoms with Gasteiger partial charge < -0.3 is 15.5 Å². The Bertz CT molecular complexity index is 456. The van der Waals surface area contributed by atoms with Crippen LogP contribution in [0.1, 0.15) is 43.1 Å². The summed E-state index contributed by atoms with van der Waals surface area (Å²) in [5.41, 5.74) is -0.831. The molecule has 104 valence electrons. The van der Waals surface area contributed by atoms with Gasteiger partial charge in [0.05, 0.1) is 18.0 Å². The average molecular weight is 265 g/mol. The van der Waals surface area contributed by atoms with Crippen molar-refractivity contribution >= 4 is 11.8 Å². The molecule has 0 aromatic carbocycles. The summed E-state index contributed by atoms with van der Waals surface area (Å²) in [6.45, 7) is 2.56. The molecule has 6 nitrogen and oxygen atoms in total. The molecule has 1 aromatic heterocycles. The lowest BCUT2D eigenvalue weighted by atomic mass is 9.79. The lowest BCUT2D eigenvalue weighted by Crippen LogP contribution is -2.40. The zero-order valence-electron chi connectivity index (χ0n) is 11.0. The van der Waals surface area contributed by atoms with Crippen molar-refractivity contribution in [2.24, 2.45) is 5.92 Å². The SMILES string of the molecule is CC1CCC(O)(CNc2cncc(C(=O)O)n2)CC1. The van der Waals surface area contributed by atoms with Crippen LogP contribution in [0.5, 0.6) is 0 Å². The average Bonchev–Trinajstić information content (AvgIpc) is 2.41. The molecule has 0 amide bonds. The first-order valence-electron chi connectivity index (χ1n) is 6.50. The molecule has 6 heteroatoms. The van der Waals surface area contributed by atoms with Gasteiger partial charge in [-0.2, -0.15) is 0 Å². The van der Waals surface area contributed by atoms with Crippen molar-refractivity contribution < 1.29 is 15.0 Å². The predicted octanol–water partition coefficient (Wildman–Crippen LogP) is 1.53. The maximum absolute atomic E-state index is 10.8. The maximum Gasteiger partial charge on any atom is 0.356 e. The van der Waals surface area contributed by atoms with E-state index in [1.54, 1.807) is 0 Å². The van der Waals surface area contributed by atoms with Crippen LogP contribution in [0.2, 0.25) is 0 Å². The zero-order chi connectivity index (χ0) is 13.9. The largest absolute Gasteiger partial charge is 0.476 e. The van der Waals surface area contributed by atoms with E-state index in [1.165, 1.54) is 12.4 Å². The fourth-order valence-corrected chi connectivity index (χ4v) is 2.29. The number of rotatable bonds is 4. The lowest BCUT2D eigenvalue weighted by molar-refractivity contribution is 0.00494. The number of carbonyl (C=O) groups is 1. The van der Waals surface area contributed by atoms with Crippen LogP contribution in [-0.2, 0) is 0 Å². The van der Waals surface area contributed by atoms with E-state index in [4.69, 9.17) is 5.11 Å². The van der Waals surface area contributed by atoms with Crippen molar-refractivity contribution in [3.8, 4) is 0 Å². The molecule has 1 aliphatic rings. The second-order valence-corrected chi connectivity index (χ2v) is 5.36. The first kappa shape index (κ1) is 13.7. The van der Waals surface area contributed by atoms with Crippen molar-refractivity contribution in [2.45, 2.75) is 38.2 Å². The molecule has 0 aliphatic heterocycles. The smallest absolute Gasteiger partial charge is 0.356 e. The molecule has 0 unspecified atom stereocenters. The van der Waals surface area contributed by atoms with E-state index in [1.807, 2.05) is 0 Å². The summed E-state index contributed by atoms with van der Waals surface area (Å²) >= 11 is 0. The minimum Gasteiger partial charge on any atom is -0.476 e. The molecule has 2 rings (SSSR count). The number of aromatic carboxylic acids is 1. The Hall–Kier alpha value is -1.69. The third-order valence-corrected chi connectivity index (χ3v) is 3.66. The third-order valence-electron chi connectivity index (χ3n) is 3.66. The number of hydrogen-bond donors (Lipinski definition) is 3. The number of nitrogens with zero attached hydrogens (tertiary/aromatic N) is 2. The van der Waals surface area contributed by atoms with E-state index < -0.39 is 11.6 Å². The molecule has 1 aliphatic carbocycles. The van der Waals surface area contributed by atoms with Crippen LogP contribution in [0.25, 0.3) is 0 Å². The van der Waals surface area contributed by atoms with Gasteiger partial charge in [0.2, 0.25) is 0 Å². The minimum absolute atomic E-state index is 0.103. The highest BCUT2D eigenvalue weighted by Crippen LogP contribution is 2.31. The van der Waals surface area contributed by atoms with E-state index in [0.717, 1.165) is 25.7 Å². The van der Waals surface area contributed by atoms with Crippen molar-refractivity contribution in [1.29, 1.82) is 0 Å². The highest BCUT2D eigenvalue weighted by atomic mass is 16.4. The molecule has 19 heavy (non-hydrogen) atoms.